The topological polar surface area (TPSA) is 35.5 Å². The van der Waals surface area contributed by atoms with Crippen LogP contribution in [0, 0.1) is 10.8 Å². The molecule has 3 nitrogen and oxygen atoms in total. The number of hydrogen-bond donors (Lipinski definition) is 0. The molecule has 0 amide bonds. The zero-order chi connectivity index (χ0) is 13.5. The summed E-state index contributed by atoms with van der Waals surface area (Å²) in [5.41, 5.74) is -0.944. The fourth-order valence-electron chi connectivity index (χ4n) is 2.18. The molecule has 1 rings (SSSR count). The largest absolute Gasteiger partial charge is 0.458 e. The van der Waals surface area contributed by atoms with Crippen molar-refractivity contribution in [3.05, 3.63) is 0 Å². The zero-order valence-corrected chi connectivity index (χ0v) is 12.2. The van der Waals surface area contributed by atoms with E-state index in [0.29, 0.717) is 6.61 Å². The van der Waals surface area contributed by atoms with Crippen molar-refractivity contribution in [1.82, 2.24) is 0 Å². The molecule has 100 valence electrons. The van der Waals surface area contributed by atoms with E-state index in [0.717, 1.165) is 6.42 Å². The van der Waals surface area contributed by atoms with E-state index in [4.69, 9.17) is 9.47 Å². The molecule has 0 spiro atoms. The first-order valence-corrected chi connectivity index (χ1v) is 6.38. The normalized spacial score (nSPS) is 26.9. The van der Waals surface area contributed by atoms with E-state index < -0.39 is 11.0 Å². The highest BCUT2D eigenvalue weighted by atomic mass is 16.6. The second-order valence-electron chi connectivity index (χ2n) is 6.90. The number of rotatable bonds is 3. The minimum absolute atomic E-state index is 0.122. The third-order valence-electron chi connectivity index (χ3n) is 3.82. The van der Waals surface area contributed by atoms with Crippen LogP contribution in [0.15, 0.2) is 0 Å². The van der Waals surface area contributed by atoms with Gasteiger partial charge in [-0.25, -0.2) is 0 Å². The van der Waals surface area contributed by atoms with Crippen LogP contribution in [0.4, 0.5) is 0 Å². The van der Waals surface area contributed by atoms with Gasteiger partial charge in [-0.1, -0.05) is 20.8 Å². The van der Waals surface area contributed by atoms with Crippen molar-refractivity contribution in [2.75, 3.05) is 6.61 Å². The molecule has 1 heterocycles. The zero-order valence-electron chi connectivity index (χ0n) is 12.2. The van der Waals surface area contributed by atoms with Gasteiger partial charge in [0.25, 0.3) is 0 Å². The van der Waals surface area contributed by atoms with Crippen molar-refractivity contribution < 1.29 is 14.3 Å². The lowest BCUT2D eigenvalue weighted by atomic mass is 9.82. The lowest BCUT2D eigenvalue weighted by molar-refractivity contribution is -0.171. The fourth-order valence-corrected chi connectivity index (χ4v) is 2.18. The Morgan fingerprint density at radius 2 is 1.88 bits per heavy atom. The maximum Gasteiger partial charge on any atom is 0.311 e. The standard InChI is InChI=1S/C14H26O3/c1-8-12(2,3)11(15)17-10-13(4,5)9-16-14(10,6)7/h10H,8-9H2,1-7H3. The Bertz CT molecular complexity index is 287. The summed E-state index contributed by atoms with van der Waals surface area (Å²) in [5.74, 6) is -0.128. The van der Waals surface area contributed by atoms with Crippen molar-refractivity contribution in [2.24, 2.45) is 10.8 Å². The molecule has 1 aliphatic rings. The Labute approximate surface area is 105 Å². The molecule has 0 aromatic carbocycles. The van der Waals surface area contributed by atoms with Gasteiger partial charge in [0, 0.05) is 5.41 Å². The molecule has 1 fully saturated rings. The highest BCUT2D eigenvalue weighted by molar-refractivity contribution is 5.76. The van der Waals surface area contributed by atoms with Crippen LogP contribution in [0.25, 0.3) is 0 Å². The first kappa shape index (κ1) is 14.5. The van der Waals surface area contributed by atoms with Gasteiger partial charge >= 0.3 is 5.97 Å². The van der Waals surface area contributed by atoms with E-state index in [1.54, 1.807) is 0 Å². The van der Waals surface area contributed by atoms with Crippen molar-refractivity contribution >= 4 is 5.97 Å². The number of carbonyl (C=O) groups excluding carboxylic acids is 1. The van der Waals surface area contributed by atoms with Gasteiger partial charge in [0.05, 0.1) is 12.0 Å². The molecule has 0 aromatic rings. The summed E-state index contributed by atoms with van der Waals surface area (Å²) in [6.45, 7) is 14.6. The number of esters is 1. The third-order valence-corrected chi connectivity index (χ3v) is 3.82. The maximum atomic E-state index is 12.1. The number of carbonyl (C=O) groups is 1. The average molecular weight is 242 g/mol. The molecule has 1 aliphatic heterocycles. The quantitative estimate of drug-likeness (QED) is 0.713. The molecule has 0 aromatic heterocycles. The Morgan fingerprint density at radius 3 is 2.24 bits per heavy atom. The minimum atomic E-state index is -0.422. The van der Waals surface area contributed by atoms with Crippen LogP contribution in [0.2, 0.25) is 0 Å². The molecule has 0 radical (unpaired) electrons. The molecule has 0 bridgehead atoms. The molecular weight excluding hydrogens is 216 g/mol. The predicted octanol–water partition coefficient (Wildman–Crippen LogP) is 3.17. The van der Waals surface area contributed by atoms with Gasteiger partial charge in [-0.2, -0.15) is 0 Å². The molecule has 0 aliphatic carbocycles. The van der Waals surface area contributed by atoms with Crippen LogP contribution in [-0.4, -0.2) is 24.3 Å². The van der Waals surface area contributed by atoms with Gasteiger partial charge < -0.3 is 9.47 Å². The molecular formula is C14H26O3. The van der Waals surface area contributed by atoms with E-state index in [-0.39, 0.29) is 17.5 Å². The SMILES string of the molecule is CCC(C)(C)C(=O)OC1C(C)(C)COC1(C)C. The summed E-state index contributed by atoms with van der Waals surface area (Å²) in [4.78, 5) is 12.1. The van der Waals surface area contributed by atoms with Crippen molar-refractivity contribution in [3.8, 4) is 0 Å². The molecule has 0 N–H and O–H groups in total. The molecule has 1 unspecified atom stereocenters. The second kappa shape index (κ2) is 4.27. The van der Waals surface area contributed by atoms with Crippen LogP contribution in [0.3, 0.4) is 0 Å². The number of hydrogen-bond acceptors (Lipinski definition) is 3. The van der Waals surface area contributed by atoms with E-state index in [9.17, 15) is 4.79 Å². The van der Waals surface area contributed by atoms with Crippen molar-refractivity contribution in [3.63, 3.8) is 0 Å². The monoisotopic (exact) mass is 242 g/mol. The molecule has 3 heteroatoms. The maximum absolute atomic E-state index is 12.1. The fraction of sp³-hybridized carbons (Fsp3) is 0.929. The summed E-state index contributed by atoms with van der Waals surface area (Å²) in [7, 11) is 0. The summed E-state index contributed by atoms with van der Waals surface area (Å²) in [6, 6.07) is 0. The van der Waals surface area contributed by atoms with Gasteiger partial charge in [0.2, 0.25) is 0 Å². The van der Waals surface area contributed by atoms with E-state index in [1.807, 2.05) is 34.6 Å². The highest BCUT2D eigenvalue weighted by Gasteiger charge is 2.52. The van der Waals surface area contributed by atoms with Crippen LogP contribution in [0.5, 0.6) is 0 Å². The van der Waals surface area contributed by atoms with Gasteiger partial charge in [-0.15, -0.1) is 0 Å². The first-order valence-electron chi connectivity index (χ1n) is 6.38. The van der Waals surface area contributed by atoms with Crippen LogP contribution >= 0.6 is 0 Å². The Morgan fingerprint density at radius 1 is 1.35 bits per heavy atom. The van der Waals surface area contributed by atoms with Crippen LogP contribution < -0.4 is 0 Å². The Kier molecular flexibility index (Phi) is 3.64. The van der Waals surface area contributed by atoms with Crippen molar-refractivity contribution in [1.29, 1.82) is 0 Å². The summed E-state index contributed by atoms with van der Waals surface area (Å²) >= 11 is 0. The molecule has 17 heavy (non-hydrogen) atoms. The minimum Gasteiger partial charge on any atom is -0.458 e. The Balaban J connectivity index is 2.83. The smallest absolute Gasteiger partial charge is 0.311 e. The Hall–Kier alpha value is -0.570. The van der Waals surface area contributed by atoms with Gasteiger partial charge in [0.1, 0.15) is 11.7 Å². The number of ether oxygens (including phenoxy) is 2. The highest BCUT2D eigenvalue weighted by Crippen LogP contribution is 2.42. The van der Waals surface area contributed by atoms with Gasteiger partial charge in [-0.05, 0) is 34.1 Å². The van der Waals surface area contributed by atoms with Crippen LogP contribution in [-0.2, 0) is 14.3 Å². The molecule has 1 saturated heterocycles. The lowest BCUT2D eigenvalue weighted by Crippen LogP contribution is -2.45. The van der Waals surface area contributed by atoms with E-state index >= 15 is 0 Å². The summed E-state index contributed by atoms with van der Waals surface area (Å²) in [5, 5.41) is 0. The predicted molar refractivity (Wildman–Crippen MR) is 67.8 cm³/mol. The van der Waals surface area contributed by atoms with Crippen LogP contribution in [0.1, 0.15) is 54.9 Å². The van der Waals surface area contributed by atoms with Crippen molar-refractivity contribution in [2.45, 2.75) is 66.6 Å². The molecule has 0 saturated carbocycles. The van der Waals surface area contributed by atoms with E-state index in [2.05, 4.69) is 13.8 Å². The van der Waals surface area contributed by atoms with Gasteiger partial charge in [-0.3, -0.25) is 4.79 Å². The first-order chi connectivity index (χ1) is 7.53. The summed E-state index contributed by atoms with van der Waals surface area (Å²) < 4.78 is 11.5. The average Bonchev–Trinajstić information content (AvgIpc) is 2.41. The van der Waals surface area contributed by atoms with E-state index in [1.165, 1.54) is 0 Å². The second-order valence-corrected chi connectivity index (χ2v) is 6.90. The van der Waals surface area contributed by atoms with Gasteiger partial charge in [0.15, 0.2) is 0 Å². The third kappa shape index (κ3) is 2.82. The lowest BCUT2D eigenvalue weighted by Gasteiger charge is -2.34. The summed E-state index contributed by atoms with van der Waals surface area (Å²) in [6.07, 6.45) is 0.591. The molecule has 1 atom stereocenters.